The van der Waals surface area contributed by atoms with Crippen LogP contribution in [0.4, 0.5) is 10.1 Å². The Hall–Kier alpha value is -2.38. The van der Waals surface area contributed by atoms with E-state index < -0.39 is 10.7 Å². The van der Waals surface area contributed by atoms with E-state index in [1.54, 1.807) is 0 Å². The van der Waals surface area contributed by atoms with E-state index in [2.05, 4.69) is 20.6 Å². The van der Waals surface area contributed by atoms with Gasteiger partial charge in [-0.05, 0) is 11.3 Å². The topological polar surface area (TPSA) is 97.6 Å². The highest BCUT2D eigenvalue weighted by Crippen LogP contribution is 2.23. The van der Waals surface area contributed by atoms with Gasteiger partial charge in [-0.1, -0.05) is 0 Å². The standard InChI is InChI=1S/C7H4FN5O2/c8-6-2-1-4(13(14)15)3-5(6)7-9-11-12-10-7/h1-3H,(H,9,10,11,12). The van der Waals surface area contributed by atoms with E-state index >= 15 is 0 Å². The molecule has 1 aromatic heterocycles. The number of rotatable bonds is 2. The minimum Gasteiger partial charge on any atom is -0.258 e. The highest BCUT2D eigenvalue weighted by atomic mass is 19.1. The third-order valence-electron chi connectivity index (χ3n) is 1.75. The molecule has 0 amide bonds. The Kier molecular flexibility index (Phi) is 2.08. The fourth-order valence-electron chi connectivity index (χ4n) is 1.07. The van der Waals surface area contributed by atoms with Crippen LogP contribution in [0.3, 0.4) is 0 Å². The van der Waals surface area contributed by atoms with Gasteiger partial charge in [0.25, 0.3) is 5.69 Å². The van der Waals surface area contributed by atoms with E-state index in [1.165, 1.54) is 0 Å². The molecule has 0 bridgehead atoms. The number of non-ortho nitro benzene ring substituents is 1. The largest absolute Gasteiger partial charge is 0.270 e. The van der Waals surface area contributed by atoms with Gasteiger partial charge in [-0.25, -0.2) is 4.39 Å². The lowest BCUT2D eigenvalue weighted by molar-refractivity contribution is -0.384. The van der Waals surface area contributed by atoms with Crippen molar-refractivity contribution in [3.8, 4) is 11.4 Å². The lowest BCUT2D eigenvalue weighted by atomic mass is 10.2. The quantitative estimate of drug-likeness (QED) is 0.585. The molecule has 0 saturated carbocycles. The van der Waals surface area contributed by atoms with E-state index in [-0.39, 0.29) is 17.1 Å². The number of tetrazole rings is 1. The highest BCUT2D eigenvalue weighted by Gasteiger charge is 2.14. The predicted octanol–water partition coefficient (Wildman–Crippen LogP) is 0.914. The van der Waals surface area contributed by atoms with E-state index in [4.69, 9.17) is 0 Å². The number of nitrogens with zero attached hydrogens (tertiary/aromatic N) is 4. The lowest BCUT2D eigenvalue weighted by Crippen LogP contribution is -1.92. The Morgan fingerprint density at radius 3 is 2.87 bits per heavy atom. The van der Waals surface area contributed by atoms with Crippen molar-refractivity contribution >= 4 is 5.69 Å². The van der Waals surface area contributed by atoms with Gasteiger partial charge in [0, 0.05) is 12.1 Å². The third-order valence-corrected chi connectivity index (χ3v) is 1.75. The molecule has 0 radical (unpaired) electrons. The number of aromatic nitrogens is 4. The molecule has 1 heterocycles. The molecule has 2 rings (SSSR count). The minimum atomic E-state index is -0.637. The monoisotopic (exact) mass is 209 g/mol. The first-order chi connectivity index (χ1) is 7.18. The molecular formula is C7H4FN5O2. The normalized spacial score (nSPS) is 10.2. The molecule has 1 aromatic carbocycles. The number of H-pyrrole nitrogens is 1. The molecule has 2 aromatic rings. The maximum absolute atomic E-state index is 13.3. The second-order valence-corrected chi connectivity index (χ2v) is 2.66. The molecule has 0 aliphatic carbocycles. The van der Waals surface area contributed by atoms with Crippen LogP contribution in [-0.2, 0) is 0 Å². The molecule has 0 aliphatic rings. The van der Waals surface area contributed by atoms with Crippen molar-refractivity contribution in [2.45, 2.75) is 0 Å². The summed E-state index contributed by atoms with van der Waals surface area (Å²) < 4.78 is 13.3. The van der Waals surface area contributed by atoms with Crippen LogP contribution in [0.25, 0.3) is 11.4 Å². The van der Waals surface area contributed by atoms with Crippen molar-refractivity contribution in [1.82, 2.24) is 20.6 Å². The van der Waals surface area contributed by atoms with Crippen molar-refractivity contribution in [2.75, 3.05) is 0 Å². The van der Waals surface area contributed by atoms with Gasteiger partial charge in [-0.15, -0.1) is 10.2 Å². The summed E-state index contributed by atoms with van der Waals surface area (Å²) in [7, 11) is 0. The van der Waals surface area contributed by atoms with Crippen LogP contribution < -0.4 is 0 Å². The maximum atomic E-state index is 13.3. The van der Waals surface area contributed by atoms with E-state index in [1.807, 2.05) is 0 Å². The zero-order valence-corrected chi connectivity index (χ0v) is 7.22. The molecule has 0 aliphatic heterocycles. The van der Waals surface area contributed by atoms with Gasteiger partial charge in [-0.2, -0.15) is 5.21 Å². The lowest BCUT2D eigenvalue weighted by Gasteiger charge is -1.96. The number of nitro benzene ring substituents is 1. The van der Waals surface area contributed by atoms with Gasteiger partial charge in [0.05, 0.1) is 10.5 Å². The Morgan fingerprint density at radius 1 is 1.47 bits per heavy atom. The highest BCUT2D eigenvalue weighted by molar-refractivity contribution is 5.59. The summed E-state index contributed by atoms with van der Waals surface area (Å²) in [5, 5.41) is 22.9. The zero-order chi connectivity index (χ0) is 10.8. The van der Waals surface area contributed by atoms with Crippen molar-refractivity contribution in [3.05, 3.63) is 34.1 Å². The number of hydrogen-bond acceptors (Lipinski definition) is 5. The Labute approximate surface area is 82.1 Å². The van der Waals surface area contributed by atoms with E-state index in [0.717, 1.165) is 18.2 Å². The third kappa shape index (κ3) is 1.64. The molecule has 1 N–H and O–H groups in total. The van der Waals surface area contributed by atoms with Gasteiger partial charge in [0.15, 0.2) is 0 Å². The number of nitro groups is 1. The first-order valence-corrected chi connectivity index (χ1v) is 3.86. The fraction of sp³-hybridized carbons (Fsp3) is 0. The summed E-state index contributed by atoms with van der Waals surface area (Å²) in [6.45, 7) is 0. The summed E-state index contributed by atoms with van der Waals surface area (Å²) in [5.41, 5.74) is -0.283. The SMILES string of the molecule is O=[N+]([O-])c1ccc(F)c(-c2nn[nH]n2)c1. The Bertz CT molecular complexity index is 498. The molecule has 0 spiro atoms. The zero-order valence-electron chi connectivity index (χ0n) is 7.22. The second-order valence-electron chi connectivity index (χ2n) is 2.66. The molecule has 0 atom stereocenters. The van der Waals surface area contributed by atoms with Crippen LogP contribution in [-0.4, -0.2) is 25.5 Å². The maximum Gasteiger partial charge on any atom is 0.270 e. The van der Waals surface area contributed by atoms with Gasteiger partial charge < -0.3 is 0 Å². The first-order valence-electron chi connectivity index (χ1n) is 3.86. The van der Waals surface area contributed by atoms with Gasteiger partial charge in [0.2, 0.25) is 5.82 Å². The summed E-state index contributed by atoms with van der Waals surface area (Å²) in [4.78, 5) is 9.83. The molecule has 15 heavy (non-hydrogen) atoms. The van der Waals surface area contributed by atoms with Crippen LogP contribution >= 0.6 is 0 Å². The van der Waals surface area contributed by atoms with Crippen LogP contribution in [0.1, 0.15) is 0 Å². The molecular weight excluding hydrogens is 205 g/mol. The number of nitrogens with one attached hydrogen (secondary N) is 1. The van der Waals surface area contributed by atoms with Crippen LogP contribution in [0.5, 0.6) is 0 Å². The number of benzene rings is 1. The fourth-order valence-corrected chi connectivity index (χ4v) is 1.07. The summed E-state index contributed by atoms with van der Waals surface area (Å²) >= 11 is 0. The smallest absolute Gasteiger partial charge is 0.258 e. The first kappa shape index (κ1) is 9.19. The molecule has 0 unspecified atom stereocenters. The minimum absolute atomic E-state index is 0.0174. The summed E-state index contributed by atoms with van der Waals surface area (Å²) in [5.74, 6) is -0.654. The molecule has 7 nitrogen and oxygen atoms in total. The van der Waals surface area contributed by atoms with Crippen molar-refractivity contribution in [2.24, 2.45) is 0 Å². The average molecular weight is 209 g/mol. The molecule has 0 saturated heterocycles. The number of halogens is 1. The predicted molar refractivity (Wildman–Crippen MR) is 46.2 cm³/mol. The Morgan fingerprint density at radius 2 is 2.27 bits per heavy atom. The van der Waals surface area contributed by atoms with Crippen LogP contribution in [0.15, 0.2) is 18.2 Å². The van der Waals surface area contributed by atoms with E-state index in [9.17, 15) is 14.5 Å². The van der Waals surface area contributed by atoms with Crippen molar-refractivity contribution in [3.63, 3.8) is 0 Å². The molecule has 0 fully saturated rings. The average Bonchev–Trinajstić information content (AvgIpc) is 2.71. The van der Waals surface area contributed by atoms with Crippen LogP contribution in [0.2, 0.25) is 0 Å². The number of aromatic amines is 1. The van der Waals surface area contributed by atoms with Gasteiger partial charge >= 0.3 is 0 Å². The van der Waals surface area contributed by atoms with Crippen molar-refractivity contribution in [1.29, 1.82) is 0 Å². The van der Waals surface area contributed by atoms with Crippen LogP contribution in [0, 0.1) is 15.9 Å². The Balaban J connectivity index is 2.55. The summed E-state index contributed by atoms with van der Waals surface area (Å²) in [6, 6.07) is 3.11. The molecule has 8 heteroatoms. The van der Waals surface area contributed by atoms with Gasteiger partial charge in [0.1, 0.15) is 5.82 Å². The van der Waals surface area contributed by atoms with Crippen molar-refractivity contribution < 1.29 is 9.31 Å². The number of hydrogen-bond donors (Lipinski definition) is 1. The molecule has 76 valence electrons. The summed E-state index contributed by atoms with van der Waals surface area (Å²) in [6.07, 6.45) is 0. The van der Waals surface area contributed by atoms with E-state index in [0.29, 0.717) is 0 Å². The van der Waals surface area contributed by atoms with Gasteiger partial charge in [-0.3, -0.25) is 10.1 Å². The second kappa shape index (κ2) is 3.40.